The van der Waals surface area contributed by atoms with Gasteiger partial charge in [-0.05, 0) is 53.6 Å². The molecule has 0 aliphatic rings. The topological polar surface area (TPSA) is 94.7 Å². The molecule has 4 aromatic rings. The maximum Gasteiger partial charge on any atom is 0.335 e. The lowest BCUT2D eigenvalue weighted by atomic mass is 10.1. The molecule has 2 N–H and O–H groups in total. The molecular formula is C25H25N3O5. The Balaban J connectivity index is 1.40. The second-order valence-electron chi connectivity index (χ2n) is 7.73. The number of carboxylic acid groups (broad SMARTS) is 1. The third kappa shape index (κ3) is 4.55. The van der Waals surface area contributed by atoms with E-state index < -0.39 is 5.97 Å². The highest BCUT2D eigenvalue weighted by Crippen LogP contribution is 2.26. The third-order valence-electron chi connectivity index (χ3n) is 5.59. The van der Waals surface area contributed by atoms with Crippen LogP contribution in [0.2, 0.25) is 0 Å². The highest BCUT2D eigenvalue weighted by atomic mass is 16.5. The van der Waals surface area contributed by atoms with Gasteiger partial charge in [-0.1, -0.05) is 18.2 Å². The smallest absolute Gasteiger partial charge is 0.335 e. The Bertz CT molecular complexity index is 1370. The van der Waals surface area contributed by atoms with Crippen LogP contribution in [-0.2, 0) is 27.2 Å². The molecule has 0 bridgehead atoms. The Kier molecular flexibility index (Phi) is 6.08. The number of carbonyl (C=O) groups is 1. The fourth-order valence-electron chi connectivity index (χ4n) is 3.69. The average Bonchev–Trinajstić information content (AvgIpc) is 3.05. The third-order valence-corrected chi connectivity index (χ3v) is 5.59. The number of anilines is 1. The fourth-order valence-corrected chi connectivity index (χ4v) is 3.69. The van der Waals surface area contributed by atoms with Crippen LogP contribution in [0.3, 0.4) is 0 Å². The van der Waals surface area contributed by atoms with Crippen LogP contribution < -0.4 is 20.5 Å². The first-order chi connectivity index (χ1) is 15.9. The first-order valence-corrected chi connectivity index (χ1v) is 10.4. The summed E-state index contributed by atoms with van der Waals surface area (Å²) in [6.07, 6.45) is 0. The van der Waals surface area contributed by atoms with Crippen LogP contribution in [-0.4, -0.2) is 27.3 Å². The van der Waals surface area contributed by atoms with Gasteiger partial charge >= 0.3 is 11.7 Å². The number of rotatable bonds is 8. The zero-order valence-electron chi connectivity index (χ0n) is 18.7. The summed E-state index contributed by atoms with van der Waals surface area (Å²) in [5, 5.41) is 12.4. The van der Waals surface area contributed by atoms with Gasteiger partial charge in [-0.3, -0.25) is 9.13 Å². The Morgan fingerprint density at radius 1 is 0.939 bits per heavy atom. The van der Waals surface area contributed by atoms with E-state index in [4.69, 9.17) is 9.47 Å². The van der Waals surface area contributed by atoms with Crippen molar-refractivity contribution in [2.75, 3.05) is 12.4 Å². The van der Waals surface area contributed by atoms with Crippen molar-refractivity contribution >= 4 is 22.7 Å². The highest BCUT2D eigenvalue weighted by molar-refractivity contribution is 5.89. The lowest BCUT2D eigenvalue weighted by Crippen LogP contribution is -2.19. The molecule has 0 saturated carbocycles. The van der Waals surface area contributed by atoms with Gasteiger partial charge in [-0.25, -0.2) is 9.59 Å². The number of aryl methyl sites for hydroxylation is 2. The van der Waals surface area contributed by atoms with Crippen LogP contribution in [0.5, 0.6) is 11.5 Å². The number of aromatic carboxylic acids is 1. The monoisotopic (exact) mass is 447 g/mol. The molecule has 0 aliphatic heterocycles. The summed E-state index contributed by atoms with van der Waals surface area (Å²) in [4.78, 5) is 23.3. The van der Waals surface area contributed by atoms with Crippen LogP contribution in [0.25, 0.3) is 11.0 Å². The van der Waals surface area contributed by atoms with E-state index in [1.54, 1.807) is 42.5 Å². The van der Waals surface area contributed by atoms with Gasteiger partial charge in [0.15, 0.2) is 0 Å². The van der Waals surface area contributed by atoms with Gasteiger partial charge in [-0.15, -0.1) is 0 Å². The van der Waals surface area contributed by atoms with E-state index in [2.05, 4.69) is 5.32 Å². The molecule has 0 aliphatic carbocycles. The van der Waals surface area contributed by atoms with Crippen molar-refractivity contribution in [3.63, 3.8) is 0 Å². The Hall–Kier alpha value is -4.20. The van der Waals surface area contributed by atoms with Gasteiger partial charge in [-0.2, -0.15) is 0 Å². The molecule has 0 spiro atoms. The summed E-state index contributed by atoms with van der Waals surface area (Å²) in [6.45, 7) is 0.883. The predicted molar refractivity (Wildman–Crippen MR) is 126 cm³/mol. The highest BCUT2D eigenvalue weighted by Gasteiger charge is 2.10. The van der Waals surface area contributed by atoms with Gasteiger partial charge < -0.3 is 19.9 Å². The fraction of sp³-hybridized carbons (Fsp3) is 0.200. The van der Waals surface area contributed by atoms with Gasteiger partial charge in [0.2, 0.25) is 0 Å². The second-order valence-corrected chi connectivity index (χ2v) is 7.73. The number of methoxy groups -OCH3 is 1. The molecule has 8 heteroatoms. The van der Waals surface area contributed by atoms with Crippen molar-refractivity contribution < 1.29 is 19.4 Å². The molecule has 33 heavy (non-hydrogen) atoms. The molecule has 3 aromatic carbocycles. The van der Waals surface area contributed by atoms with Gasteiger partial charge in [0.05, 0.1) is 29.4 Å². The second kappa shape index (κ2) is 9.12. The van der Waals surface area contributed by atoms with Gasteiger partial charge in [0.25, 0.3) is 0 Å². The average molecular weight is 447 g/mol. The van der Waals surface area contributed by atoms with E-state index in [-0.39, 0.29) is 11.3 Å². The van der Waals surface area contributed by atoms with Crippen molar-refractivity contribution in [3.8, 4) is 11.5 Å². The Labute approximate surface area is 190 Å². The van der Waals surface area contributed by atoms with Crippen LogP contribution in [0, 0.1) is 0 Å². The first-order valence-electron chi connectivity index (χ1n) is 10.4. The number of hydrogen-bond donors (Lipinski definition) is 2. The summed E-state index contributed by atoms with van der Waals surface area (Å²) in [5.74, 6) is 0.315. The van der Waals surface area contributed by atoms with E-state index in [0.29, 0.717) is 24.6 Å². The SMILES string of the molecule is COc1ccc(C(=O)O)cc1NCc1ccc(OCc2ccc3c(c2)n(C)c(=O)n3C)cc1. The summed E-state index contributed by atoms with van der Waals surface area (Å²) < 4.78 is 14.5. The van der Waals surface area contributed by atoms with E-state index in [1.807, 2.05) is 42.5 Å². The van der Waals surface area contributed by atoms with E-state index >= 15 is 0 Å². The molecule has 4 rings (SSSR count). The minimum atomic E-state index is -0.990. The number of nitrogens with one attached hydrogen (secondary N) is 1. The number of ether oxygens (including phenoxy) is 2. The van der Waals surface area contributed by atoms with Crippen LogP contribution in [0.4, 0.5) is 5.69 Å². The van der Waals surface area contributed by atoms with Gasteiger partial charge in [0, 0.05) is 20.6 Å². The van der Waals surface area contributed by atoms with Gasteiger partial charge in [0.1, 0.15) is 18.1 Å². The van der Waals surface area contributed by atoms with E-state index in [0.717, 1.165) is 27.9 Å². The zero-order chi connectivity index (χ0) is 23.5. The molecule has 0 radical (unpaired) electrons. The standard InChI is InChI=1S/C25H25N3O5/c1-27-21-10-6-17(12-22(21)28(2)25(27)31)15-33-19-8-4-16(5-9-19)14-26-20-13-18(24(29)30)7-11-23(20)32-3/h4-13,26H,14-15H2,1-3H3,(H,29,30). The molecule has 1 heterocycles. The maximum absolute atomic E-state index is 12.1. The van der Waals surface area contributed by atoms with Crippen LogP contribution in [0.1, 0.15) is 21.5 Å². The predicted octanol–water partition coefficient (Wildman–Crippen LogP) is 3.77. The van der Waals surface area contributed by atoms with Crippen molar-refractivity contribution in [2.45, 2.75) is 13.2 Å². The first kappa shape index (κ1) is 22.0. The van der Waals surface area contributed by atoms with Crippen LogP contribution >= 0.6 is 0 Å². The number of aromatic nitrogens is 2. The van der Waals surface area contributed by atoms with Crippen molar-refractivity contribution in [1.82, 2.24) is 9.13 Å². The zero-order valence-corrected chi connectivity index (χ0v) is 18.7. The normalized spacial score (nSPS) is 10.9. The molecule has 170 valence electrons. The van der Waals surface area contributed by atoms with E-state index in [1.165, 1.54) is 6.07 Å². The van der Waals surface area contributed by atoms with Crippen molar-refractivity contribution in [1.29, 1.82) is 0 Å². The Morgan fingerprint density at radius 3 is 2.33 bits per heavy atom. The number of imidazole rings is 1. The molecule has 0 amide bonds. The minimum Gasteiger partial charge on any atom is -0.495 e. The number of hydrogen-bond acceptors (Lipinski definition) is 5. The van der Waals surface area contributed by atoms with Crippen LogP contribution in [0.15, 0.2) is 65.5 Å². The summed E-state index contributed by atoms with van der Waals surface area (Å²) in [7, 11) is 5.06. The summed E-state index contributed by atoms with van der Waals surface area (Å²) in [5.41, 5.74) is 4.48. The molecule has 1 aromatic heterocycles. The molecule has 8 nitrogen and oxygen atoms in total. The Morgan fingerprint density at radius 2 is 1.64 bits per heavy atom. The quantitative estimate of drug-likeness (QED) is 0.427. The molecule has 0 fully saturated rings. The number of carboxylic acids is 1. The van der Waals surface area contributed by atoms with E-state index in [9.17, 15) is 14.7 Å². The molecule has 0 saturated heterocycles. The summed E-state index contributed by atoms with van der Waals surface area (Å²) >= 11 is 0. The number of benzene rings is 3. The molecular weight excluding hydrogens is 422 g/mol. The molecule has 0 unspecified atom stereocenters. The minimum absolute atomic E-state index is 0.0560. The summed E-state index contributed by atoms with van der Waals surface area (Å²) in [6, 6.07) is 18.2. The lowest BCUT2D eigenvalue weighted by molar-refractivity contribution is 0.0697. The largest absolute Gasteiger partial charge is 0.495 e. The lowest BCUT2D eigenvalue weighted by Gasteiger charge is -2.13. The number of nitrogens with zero attached hydrogens (tertiary/aromatic N) is 2. The molecule has 0 atom stereocenters. The number of fused-ring (bicyclic) bond motifs is 1. The van der Waals surface area contributed by atoms with Crippen molar-refractivity contribution in [3.05, 3.63) is 87.8 Å². The maximum atomic E-state index is 12.1. The van der Waals surface area contributed by atoms with Crippen molar-refractivity contribution in [2.24, 2.45) is 14.1 Å².